The van der Waals surface area contributed by atoms with Gasteiger partial charge in [-0.3, -0.25) is 9.59 Å². The van der Waals surface area contributed by atoms with E-state index in [0.29, 0.717) is 4.90 Å². The molecule has 0 saturated heterocycles. The largest absolute Gasteiger partial charge is 0.348 e. The van der Waals surface area contributed by atoms with E-state index in [9.17, 15) is 14.0 Å². The number of carbonyl (C=O) groups excluding carboxylic acids is 2. The first-order chi connectivity index (χ1) is 10.9. The first-order valence-corrected chi connectivity index (χ1v) is 8.62. The standard InChI is InChI=1S/C16H22FN3O2S/c1-9(2)14(18)16(22)19-8-13(21)20-12-6-7-23-15-10(12)4-3-5-11(15)17/h3-5,9,12,14H,6-8,18H2,1-2H3,(H,19,22)(H,20,21)/t12?,14-/m0/s1. The second kappa shape index (κ2) is 7.79. The van der Waals surface area contributed by atoms with E-state index in [0.717, 1.165) is 17.7 Å². The van der Waals surface area contributed by atoms with Crippen molar-refractivity contribution in [3.63, 3.8) is 0 Å². The second-order valence-corrected chi connectivity index (χ2v) is 7.01. The Bertz CT molecular complexity index is 595. The molecule has 1 aliphatic rings. The third-order valence-electron chi connectivity index (χ3n) is 3.81. The van der Waals surface area contributed by atoms with Crippen LogP contribution < -0.4 is 16.4 Å². The highest BCUT2D eigenvalue weighted by Crippen LogP contribution is 2.37. The lowest BCUT2D eigenvalue weighted by atomic mass is 10.0. The van der Waals surface area contributed by atoms with Gasteiger partial charge >= 0.3 is 0 Å². The molecule has 2 rings (SSSR count). The number of nitrogens with two attached hydrogens (primary N) is 1. The van der Waals surface area contributed by atoms with Gasteiger partial charge in [0.15, 0.2) is 0 Å². The Kier molecular flexibility index (Phi) is 6.01. The zero-order valence-corrected chi connectivity index (χ0v) is 14.1. The minimum atomic E-state index is -0.635. The number of hydrogen-bond donors (Lipinski definition) is 3. The molecule has 0 radical (unpaired) electrons. The van der Waals surface area contributed by atoms with Gasteiger partial charge in [-0.25, -0.2) is 4.39 Å². The molecule has 0 aliphatic carbocycles. The second-order valence-electron chi connectivity index (χ2n) is 5.90. The summed E-state index contributed by atoms with van der Waals surface area (Å²) in [6, 6.07) is 4.02. The van der Waals surface area contributed by atoms with Crippen LogP contribution in [0.15, 0.2) is 23.1 Å². The number of carbonyl (C=O) groups is 2. The van der Waals surface area contributed by atoms with E-state index in [1.165, 1.54) is 17.8 Å². The fourth-order valence-electron chi connectivity index (χ4n) is 2.37. The average Bonchev–Trinajstić information content (AvgIpc) is 2.52. The van der Waals surface area contributed by atoms with E-state index in [2.05, 4.69) is 10.6 Å². The molecule has 0 bridgehead atoms. The highest BCUT2D eigenvalue weighted by atomic mass is 32.2. The number of hydrogen-bond acceptors (Lipinski definition) is 4. The van der Waals surface area contributed by atoms with Gasteiger partial charge in [-0.1, -0.05) is 26.0 Å². The quantitative estimate of drug-likeness (QED) is 0.760. The third-order valence-corrected chi connectivity index (χ3v) is 4.96. The third kappa shape index (κ3) is 4.45. The Labute approximate surface area is 139 Å². The van der Waals surface area contributed by atoms with Crippen LogP contribution in [0.1, 0.15) is 31.9 Å². The molecule has 0 spiro atoms. The summed E-state index contributed by atoms with van der Waals surface area (Å²) in [6.07, 6.45) is 0.728. The van der Waals surface area contributed by atoms with Crippen LogP contribution in [-0.2, 0) is 9.59 Å². The number of halogens is 1. The van der Waals surface area contributed by atoms with E-state index >= 15 is 0 Å². The van der Waals surface area contributed by atoms with Gasteiger partial charge in [-0.2, -0.15) is 0 Å². The highest BCUT2D eigenvalue weighted by molar-refractivity contribution is 7.99. The number of benzene rings is 1. The Morgan fingerprint density at radius 1 is 1.43 bits per heavy atom. The molecular formula is C16H22FN3O2S. The van der Waals surface area contributed by atoms with E-state index in [4.69, 9.17) is 5.73 Å². The molecular weight excluding hydrogens is 317 g/mol. The SMILES string of the molecule is CC(C)[C@H](N)C(=O)NCC(=O)NC1CCSc2c(F)cccc21. The lowest BCUT2D eigenvalue weighted by Crippen LogP contribution is -2.47. The van der Waals surface area contributed by atoms with E-state index in [-0.39, 0.29) is 36.1 Å². The Hall–Kier alpha value is -1.60. The van der Waals surface area contributed by atoms with Crippen LogP contribution in [0.4, 0.5) is 4.39 Å². The van der Waals surface area contributed by atoms with Crippen LogP contribution in [0.2, 0.25) is 0 Å². The molecule has 7 heteroatoms. The van der Waals surface area contributed by atoms with Crippen LogP contribution in [0.5, 0.6) is 0 Å². The van der Waals surface area contributed by atoms with Gasteiger partial charge in [0.05, 0.1) is 18.6 Å². The summed E-state index contributed by atoms with van der Waals surface area (Å²) >= 11 is 1.46. The molecule has 1 aromatic carbocycles. The zero-order valence-electron chi connectivity index (χ0n) is 13.3. The van der Waals surface area contributed by atoms with Crippen molar-refractivity contribution in [3.8, 4) is 0 Å². The predicted molar refractivity (Wildman–Crippen MR) is 88.4 cm³/mol. The number of nitrogens with one attached hydrogen (secondary N) is 2. The molecule has 2 amide bonds. The van der Waals surface area contributed by atoms with Crippen molar-refractivity contribution in [2.24, 2.45) is 11.7 Å². The van der Waals surface area contributed by atoms with Gasteiger partial charge < -0.3 is 16.4 Å². The van der Waals surface area contributed by atoms with Crippen molar-refractivity contribution in [2.45, 2.75) is 37.2 Å². The minimum absolute atomic E-state index is 0.00304. The summed E-state index contributed by atoms with van der Waals surface area (Å²) in [6.45, 7) is 3.55. The molecule has 0 aromatic heterocycles. The molecule has 5 nitrogen and oxygen atoms in total. The molecule has 0 fully saturated rings. The van der Waals surface area contributed by atoms with Crippen LogP contribution in [0.25, 0.3) is 0 Å². The molecule has 0 saturated carbocycles. The summed E-state index contributed by atoms with van der Waals surface area (Å²) in [5, 5.41) is 5.38. The minimum Gasteiger partial charge on any atom is -0.348 e. The van der Waals surface area contributed by atoms with Gasteiger partial charge in [0.25, 0.3) is 0 Å². The Balaban J connectivity index is 1.92. The lowest BCUT2D eigenvalue weighted by molar-refractivity contribution is -0.127. The zero-order chi connectivity index (χ0) is 17.0. The fraction of sp³-hybridized carbons (Fsp3) is 0.500. The van der Waals surface area contributed by atoms with Crippen LogP contribution >= 0.6 is 11.8 Å². The molecule has 1 unspecified atom stereocenters. The summed E-state index contributed by atoms with van der Waals surface area (Å²) in [5.74, 6) is -0.170. The maximum Gasteiger partial charge on any atom is 0.239 e. The Morgan fingerprint density at radius 2 is 2.17 bits per heavy atom. The number of thioether (sulfide) groups is 1. The van der Waals surface area contributed by atoms with Gasteiger partial charge in [0, 0.05) is 10.6 Å². The van der Waals surface area contributed by atoms with Gasteiger partial charge in [-0.05, 0) is 24.0 Å². The molecule has 1 aromatic rings. The molecule has 1 heterocycles. The van der Waals surface area contributed by atoms with Crippen LogP contribution in [0, 0.1) is 11.7 Å². The summed E-state index contributed by atoms with van der Waals surface area (Å²) < 4.78 is 13.8. The number of rotatable bonds is 5. The first kappa shape index (κ1) is 17.7. The lowest BCUT2D eigenvalue weighted by Gasteiger charge is -2.26. The smallest absolute Gasteiger partial charge is 0.239 e. The monoisotopic (exact) mass is 339 g/mol. The van der Waals surface area contributed by atoms with Crippen molar-refractivity contribution in [2.75, 3.05) is 12.3 Å². The van der Waals surface area contributed by atoms with E-state index < -0.39 is 6.04 Å². The van der Waals surface area contributed by atoms with Crippen molar-refractivity contribution >= 4 is 23.6 Å². The topological polar surface area (TPSA) is 84.2 Å². The molecule has 2 atom stereocenters. The molecule has 126 valence electrons. The van der Waals surface area contributed by atoms with Crippen molar-refractivity contribution < 1.29 is 14.0 Å². The van der Waals surface area contributed by atoms with E-state index in [1.54, 1.807) is 6.07 Å². The van der Waals surface area contributed by atoms with Crippen molar-refractivity contribution in [1.82, 2.24) is 10.6 Å². The van der Waals surface area contributed by atoms with E-state index in [1.807, 2.05) is 19.9 Å². The summed E-state index contributed by atoms with van der Waals surface area (Å²) in [5.41, 5.74) is 6.51. The van der Waals surface area contributed by atoms with Crippen LogP contribution in [-0.4, -0.2) is 30.2 Å². The van der Waals surface area contributed by atoms with Crippen LogP contribution in [0.3, 0.4) is 0 Å². The van der Waals surface area contributed by atoms with Crippen molar-refractivity contribution in [3.05, 3.63) is 29.6 Å². The summed E-state index contributed by atoms with van der Waals surface area (Å²) in [4.78, 5) is 24.4. The predicted octanol–water partition coefficient (Wildman–Crippen LogP) is 1.58. The van der Waals surface area contributed by atoms with Gasteiger partial charge in [-0.15, -0.1) is 11.8 Å². The average molecular weight is 339 g/mol. The Morgan fingerprint density at radius 3 is 2.87 bits per heavy atom. The van der Waals surface area contributed by atoms with Gasteiger partial charge in [0.2, 0.25) is 11.8 Å². The van der Waals surface area contributed by atoms with Crippen molar-refractivity contribution in [1.29, 1.82) is 0 Å². The van der Waals surface area contributed by atoms with Gasteiger partial charge in [0.1, 0.15) is 5.82 Å². The highest BCUT2D eigenvalue weighted by Gasteiger charge is 2.25. The molecule has 23 heavy (non-hydrogen) atoms. The normalized spacial score (nSPS) is 18.2. The molecule has 4 N–H and O–H groups in total. The number of fused-ring (bicyclic) bond motifs is 1. The fourth-order valence-corrected chi connectivity index (χ4v) is 3.51. The number of amides is 2. The maximum absolute atomic E-state index is 13.8. The maximum atomic E-state index is 13.8. The molecule has 1 aliphatic heterocycles. The summed E-state index contributed by atoms with van der Waals surface area (Å²) in [7, 11) is 0. The first-order valence-electron chi connectivity index (χ1n) is 7.64.